The van der Waals surface area contributed by atoms with Gasteiger partial charge in [-0.2, -0.15) is 0 Å². The number of aryl methyl sites for hydroxylation is 1. The highest BCUT2D eigenvalue weighted by Gasteiger charge is 2.27. The van der Waals surface area contributed by atoms with Crippen molar-refractivity contribution in [2.75, 3.05) is 6.61 Å². The predicted molar refractivity (Wildman–Crippen MR) is 141 cm³/mol. The first-order valence-corrected chi connectivity index (χ1v) is 13.8. The van der Waals surface area contributed by atoms with Gasteiger partial charge in [-0.05, 0) is 79.7 Å². The Hall–Kier alpha value is -2.36. The number of unbranched alkanes of at least 4 members (excludes halogenated alkanes) is 4. The molecule has 1 aliphatic carbocycles. The van der Waals surface area contributed by atoms with Gasteiger partial charge in [-0.1, -0.05) is 82.3 Å². The fraction of sp³-hybridized carbons (Fsp3) is 0.581. The van der Waals surface area contributed by atoms with Gasteiger partial charge in [0, 0.05) is 0 Å². The van der Waals surface area contributed by atoms with E-state index in [1.807, 2.05) is 19.1 Å². The zero-order chi connectivity index (χ0) is 24.9. The molecular weight excluding hydrogens is 439 g/mol. The second kappa shape index (κ2) is 14.9. The molecule has 0 unspecified atom stereocenters. The highest BCUT2D eigenvalue weighted by Crippen LogP contribution is 2.29. The van der Waals surface area contributed by atoms with Crippen LogP contribution in [0.3, 0.4) is 0 Å². The van der Waals surface area contributed by atoms with Crippen LogP contribution in [-0.2, 0) is 16.0 Å². The van der Waals surface area contributed by atoms with Crippen LogP contribution in [0.2, 0.25) is 0 Å². The third-order valence-corrected chi connectivity index (χ3v) is 7.09. The van der Waals surface area contributed by atoms with E-state index >= 15 is 0 Å². The molecule has 1 aliphatic rings. The molecule has 0 N–H and O–H groups in total. The van der Waals surface area contributed by atoms with Gasteiger partial charge in [0.05, 0.1) is 6.61 Å². The van der Waals surface area contributed by atoms with Gasteiger partial charge >= 0.3 is 5.97 Å². The molecule has 0 amide bonds. The van der Waals surface area contributed by atoms with Crippen molar-refractivity contribution >= 4 is 5.97 Å². The lowest BCUT2D eigenvalue weighted by atomic mass is 9.88. The quantitative estimate of drug-likeness (QED) is 0.200. The van der Waals surface area contributed by atoms with Crippen molar-refractivity contribution in [2.24, 2.45) is 5.92 Å². The van der Waals surface area contributed by atoms with Crippen LogP contribution in [0.25, 0.3) is 11.1 Å². The van der Waals surface area contributed by atoms with E-state index in [1.54, 1.807) is 0 Å². The molecule has 0 radical (unpaired) electrons. The van der Waals surface area contributed by atoms with E-state index in [4.69, 9.17) is 9.47 Å². The third-order valence-electron chi connectivity index (χ3n) is 7.09. The molecule has 2 aromatic rings. The predicted octanol–water partition coefficient (Wildman–Crippen LogP) is 8.49. The van der Waals surface area contributed by atoms with Crippen LogP contribution in [0.4, 0.5) is 4.39 Å². The van der Waals surface area contributed by atoms with Crippen LogP contribution >= 0.6 is 0 Å². The minimum Gasteiger partial charge on any atom is -0.493 e. The lowest BCUT2D eigenvalue weighted by molar-refractivity contribution is -0.157. The SMILES string of the molecule is CCCCCCc1ccc(-c2ccc(OC[C@H]3CC[C@H](OC(=O)[C@@H](F)CCCC)CC3)cc2)cc1. The highest BCUT2D eigenvalue weighted by molar-refractivity contribution is 5.74. The Morgan fingerprint density at radius 1 is 0.857 bits per heavy atom. The number of hydrogen-bond acceptors (Lipinski definition) is 3. The van der Waals surface area contributed by atoms with E-state index in [0.717, 1.165) is 44.3 Å². The number of benzene rings is 2. The Kier molecular flexibility index (Phi) is 11.6. The van der Waals surface area contributed by atoms with Crippen LogP contribution in [0, 0.1) is 5.92 Å². The Labute approximate surface area is 211 Å². The van der Waals surface area contributed by atoms with E-state index in [-0.39, 0.29) is 12.5 Å². The van der Waals surface area contributed by atoms with Crippen LogP contribution in [0.5, 0.6) is 5.75 Å². The molecule has 0 aliphatic heterocycles. The average Bonchev–Trinajstić information content (AvgIpc) is 2.90. The van der Waals surface area contributed by atoms with Crippen LogP contribution in [-0.4, -0.2) is 24.9 Å². The van der Waals surface area contributed by atoms with Crippen molar-refractivity contribution < 1.29 is 18.7 Å². The summed E-state index contributed by atoms with van der Waals surface area (Å²) in [4.78, 5) is 11.9. The molecule has 4 heteroatoms. The molecular formula is C31H43FO3. The van der Waals surface area contributed by atoms with Crippen molar-refractivity contribution in [3.63, 3.8) is 0 Å². The molecule has 0 spiro atoms. The first kappa shape index (κ1) is 27.2. The largest absolute Gasteiger partial charge is 0.493 e. The third kappa shape index (κ3) is 9.31. The van der Waals surface area contributed by atoms with Crippen molar-refractivity contribution in [3.05, 3.63) is 54.1 Å². The molecule has 192 valence electrons. The van der Waals surface area contributed by atoms with Gasteiger partial charge in [0.2, 0.25) is 0 Å². The zero-order valence-electron chi connectivity index (χ0n) is 21.6. The summed E-state index contributed by atoms with van der Waals surface area (Å²) < 4.78 is 25.3. The summed E-state index contributed by atoms with van der Waals surface area (Å²) in [6.07, 6.45) is 10.0. The second-order valence-electron chi connectivity index (χ2n) is 10.0. The van der Waals surface area contributed by atoms with Gasteiger partial charge in [0.1, 0.15) is 11.9 Å². The average molecular weight is 483 g/mol. The van der Waals surface area contributed by atoms with Crippen LogP contribution < -0.4 is 4.74 Å². The van der Waals surface area contributed by atoms with Crippen LogP contribution in [0.15, 0.2) is 48.5 Å². The number of alkyl halides is 1. The topological polar surface area (TPSA) is 35.5 Å². The molecule has 3 rings (SSSR count). The minimum atomic E-state index is -1.48. The molecule has 0 heterocycles. The molecule has 1 atom stereocenters. The van der Waals surface area contributed by atoms with E-state index in [9.17, 15) is 9.18 Å². The number of esters is 1. The van der Waals surface area contributed by atoms with E-state index in [0.29, 0.717) is 18.9 Å². The monoisotopic (exact) mass is 482 g/mol. The summed E-state index contributed by atoms with van der Waals surface area (Å²) in [5, 5.41) is 0. The summed E-state index contributed by atoms with van der Waals surface area (Å²) in [7, 11) is 0. The first-order chi connectivity index (χ1) is 17.1. The Balaban J connectivity index is 1.37. The van der Waals surface area contributed by atoms with E-state index in [2.05, 4.69) is 43.3 Å². The molecule has 0 aromatic heterocycles. The summed E-state index contributed by atoms with van der Waals surface area (Å²) in [5.74, 6) is 0.640. The lowest BCUT2D eigenvalue weighted by Gasteiger charge is -2.28. The molecule has 1 saturated carbocycles. The van der Waals surface area contributed by atoms with Crippen molar-refractivity contribution in [1.82, 2.24) is 0 Å². The second-order valence-corrected chi connectivity index (χ2v) is 10.0. The lowest BCUT2D eigenvalue weighted by Crippen LogP contribution is -2.30. The fourth-order valence-corrected chi connectivity index (χ4v) is 4.73. The summed E-state index contributed by atoms with van der Waals surface area (Å²) in [5.41, 5.74) is 3.84. The van der Waals surface area contributed by atoms with Gasteiger partial charge in [-0.25, -0.2) is 9.18 Å². The first-order valence-electron chi connectivity index (χ1n) is 13.8. The van der Waals surface area contributed by atoms with E-state index < -0.39 is 12.1 Å². The van der Waals surface area contributed by atoms with Crippen LogP contribution in [0.1, 0.15) is 90.0 Å². The van der Waals surface area contributed by atoms with Gasteiger partial charge in [-0.15, -0.1) is 0 Å². The number of carbonyl (C=O) groups excluding carboxylic acids is 1. The highest BCUT2D eigenvalue weighted by atomic mass is 19.1. The maximum atomic E-state index is 13.9. The number of hydrogen-bond donors (Lipinski definition) is 0. The fourth-order valence-electron chi connectivity index (χ4n) is 4.73. The number of carbonyl (C=O) groups is 1. The number of rotatable bonds is 14. The summed E-state index contributed by atoms with van der Waals surface area (Å²) in [6, 6.07) is 17.2. The minimum absolute atomic E-state index is 0.152. The Bertz CT molecular complexity index is 854. The summed E-state index contributed by atoms with van der Waals surface area (Å²) in [6.45, 7) is 4.90. The maximum Gasteiger partial charge on any atom is 0.340 e. The molecule has 0 saturated heterocycles. The van der Waals surface area contributed by atoms with Gasteiger partial charge in [0.15, 0.2) is 6.17 Å². The Morgan fingerprint density at radius 2 is 1.49 bits per heavy atom. The number of ether oxygens (including phenoxy) is 2. The molecule has 3 nitrogen and oxygen atoms in total. The zero-order valence-corrected chi connectivity index (χ0v) is 21.6. The molecule has 35 heavy (non-hydrogen) atoms. The molecule has 1 fully saturated rings. The molecule has 2 aromatic carbocycles. The standard InChI is InChI=1S/C31H43FO3/c1-3-5-7-8-9-24-11-15-26(16-12-24)27-17-21-28(22-18-27)34-23-25-13-19-29(20-14-25)35-31(33)30(32)10-6-4-2/h11-12,15-18,21-22,25,29-30H,3-10,13-14,19-20,23H2,1-2H3/t25-,29-,30-/m0/s1. The van der Waals surface area contributed by atoms with Gasteiger partial charge < -0.3 is 9.47 Å². The van der Waals surface area contributed by atoms with Crippen molar-refractivity contribution in [2.45, 2.75) is 103 Å². The normalized spacial score (nSPS) is 18.7. The van der Waals surface area contributed by atoms with Gasteiger partial charge in [0.25, 0.3) is 0 Å². The molecule has 0 bridgehead atoms. The van der Waals surface area contributed by atoms with Crippen molar-refractivity contribution in [3.8, 4) is 16.9 Å². The maximum absolute atomic E-state index is 13.9. The van der Waals surface area contributed by atoms with Gasteiger partial charge in [-0.3, -0.25) is 0 Å². The summed E-state index contributed by atoms with van der Waals surface area (Å²) >= 11 is 0. The van der Waals surface area contributed by atoms with E-state index in [1.165, 1.54) is 42.4 Å². The smallest absolute Gasteiger partial charge is 0.340 e. The Morgan fingerprint density at radius 3 is 2.11 bits per heavy atom. The number of halogens is 1. The van der Waals surface area contributed by atoms with Crippen molar-refractivity contribution in [1.29, 1.82) is 0 Å².